The van der Waals surface area contributed by atoms with Crippen molar-refractivity contribution in [3.8, 4) is 0 Å². The van der Waals surface area contributed by atoms with Crippen molar-refractivity contribution in [1.29, 1.82) is 0 Å². The van der Waals surface area contributed by atoms with Crippen molar-refractivity contribution in [2.75, 3.05) is 30.3 Å². The summed E-state index contributed by atoms with van der Waals surface area (Å²) in [5.74, 6) is 1.56. The second kappa shape index (κ2) is 7.00. The molecule has 0 spiro atoms. The second-order valence-electron chi connectivity index (χ2n) is 3.67. The van der Waals surface area contributed by atoms with Crippen LogP contribution in [0.1, 0.15) is 20.8 Å². The van der Waals surface area contributed by atoms with Crippen LogP contribution in [0.3, 0.4) is 0 Å². The highest BCUT2D eigenvalue weighted by molar-refractivity contribution is 5.41. The largest absolute Gasteiger partial charge is 0.377 e. The number of rotatable bonds is 7. The first-order chi connectivity index (χ1) is 7.72. The van der Waals surface area contributed by atoms with Crippen LogP contribution < -0.4 is 10.6 Å². The molecular formula is C11H20N4O. The Balaban J connectivity index is 2.33. The zero-order valence-corrected chi connectivity index (χ0v) is 10.2. The van der Waals surface area contributed by atoms with E-state index in [4.69, 9.17) is 4.74 Å². The fourth-order valence-corrected chi connectivity index (χ4v) is 1.19. The molecule has 90 valence electrons. The number of anilines is 2. The summed E-state index contributed by atoms with van der Waals surface area (Å²) in [4.78, 5) is 8.43. The molecule has 0 aliphatic heterocycles. The van der Waals surface area contributed by atoms with E-state index in [9.17, 15) is 0 Å². The first-order valence-corrected chi connectivity index (χ1v) is 5.63. The Kier molecular flexibility index (Phi) is 5.56. The van der Waals surface area contributed by atoms with Gasteiger partial charge in [-0.2, -0.15) is 0 Å². The smallest absolute Gasteiger partial charge is 0.147 e. The molecule has 0 amide bonds. The van der Waals surface area contributed by atoms with Gasteiger partial charge in [-0.05, 0) is 20.8 Å². The van der Waals surface area contributed by atoms with Crippen LogP contribution in [0.15, 0.2) is 12.4 Å². The monoisotopic (exact) mass is 224 g/mol. The summed E-state index contributed by atoms with van der Waals surface area (Å²) in [5, 5.41) is 6.27. The fourth-order valence-electron chi connectivity index (χ4n) is 1.19. The normalized spacial score (nSPS) is 10.5. The molecule has 0 fully saturated rings. The molecule has 0 aromatic carbocycles. The van der Waals surface area contributed by atoms with Crippen molar-refractivity contribution >= 4 is 11.6 Å². The van der Waals surface area contributed by atoms with Gasteiger partial charge in [0.2, 0.25) is 0 Å². The lowest BCUT2D eigenvalue weighted by atomic mass is 10.5. The number of nitrogens with one attached hydrogen (secondary N) is 2. The van der Waals surface area contributed by atoms with Crippen molar-refractivity contribution in [2.45, 2.75) is 26.9 Å². The number of hydrogen-bond donors (Lipinski definition) is 2. The van der Waals surface area contributed by atoms with Gasteiger partial charge in [-0.1, -0.05) is 0 Å². The van der Waals surface area contributed by atoms with Crippen molar-refractivity contribution in [3.63, 3.8) is 0 Å². The van der Waals surface area contributed by atoms with Gasteiger partial charge in [0.05, 0.1) is 25.1 Å². The Labute approximate surface area is 96.6 Å². The molecule has 0 aliphatic rings. The Bertz CT molecular complexity index is 304. The summed E-state index contributed by atoms with van der Waals surface area (Å²) >= 11 is 0. The van der Waals surface area contributed by atoms with Crippen LogP contribution in [0.4, 0.5) is 11.6 Å². The molecule has 2 N–H and O–H groups in total. The third kappa shape index (κ3) is 4.93. The fraction of sp³-hybridized carbons (Fsp3) is 0.636. The van der Waals surface area contributed by atoms with Crippen molar-refractivity contribution < 1.29 is 4.74 Å². The van der Waals surface area contributed by atoms with Crippen molar-refractivity contribution in [2.24, 2.45) is 0 Å². The van der Waals surface area contributed by atoms with Gasteiger partial charge in [0.15, 0.2) is 0 Å². The van der Waals surface area contributed by atoms with Crippen LogP contribution >= 0.6 is 0 Å². The number of aromatic nitrogens is 2. The number of hydrogen-bond acceptors (Lipinski definition) is 5. The van der Waals surface area contributed by atoms with Crippen LogP contribution in [0.2, 0.25) is 0 Å². The summed E-state index contributed by atoms with van der Waals surface area (Å²) in [7, 11) is 0. The average molecular weight is 224 g/mol. The average Bonchev–Trinajstić information content (AvgIpc) is 2.25. The Morgan fingerprint density at radius 3 is 2.56 bits per heavy atom. The van der Waals surface area contributed by atoms with Crippen molar-refractivity contribution in [1.82, 2.24) is 9.97 Å². The maximum Gasteiger partial charge on any atom is 0.147 e. The minimum atomic E-state index is 0.265. The molecule has 16 heavy (non-hydrogen) atoms. The number of ether oxygens (including phenoxy) is 1. The highest BCUT2D eigenvalue weighted by Gasteiger charge is 1.97. The van der Waals surface area contributed by atoms with E-state index in [1.165, 1.54) is 0 Å². The van der Waals surface area contributed by atoms with Gasteiger partial charge in [-0.15, -0.1) is 0 Å². The predicted octanol–water partition coefficient (Wildman–Crippen LogP) is 1.75. The van der Waals surface area contributed by atoms with Gasteiger partial charge in [-0.3, -0.25) is 4.98 Å². The summed E-state index contributed by atoms with van der Waals surface area (Å²) in [6, 6.07) is 0. The molecule has 0 atom stereocenters. The van der Waals surface area contributed by atoms with E-state index in [0.29, 0.717) is 6.61 Å². The lowest BCUT2D eigenvalue weighted by Gasteiger charge is -2.09. The maximum absolute atomic E-state index is 5.41. The Morgan fingerprint density at radius 2 is 1.94 bits per heavy atom. The van der Waals surface area contributed by atoms with Gasteiger partial charge in [0.1, 0.15) is 11.6 Å². The molecule has 0 unspecified atom stereocenters. The molecule has 1 aromatic rings. The predicted molar refractivity (Wildman–Crippen MR) is 65.8 cm³/mol. The van der Waals surface area contributed by atoms with E-state index < -0.39 is 0 Å². The molecule has 0 saturated heterocycles. The molecule has 0 aliphatic carbocycles. The first kappa shape index (κ1) is 12.7. The Morgan fingerprint density at radius 1 is 1.25 bits per heavy atom. The lowest BCUT2D eigenvalue weighted by molar-refractivity contribution is 0.0870. The summed E-state index contributed by atoms with van der Waals surface area (Å²) < 4.78 is 5.41. The van der Waals surface area contributed by atoms with E-state index >= 15 is 0 Å². The van der Waals surface area contributed by atoms with Gasteiger partial charge >= 0.3 is 0 Å². The summed E-state index contributed by atoms with van der Waals surface area (Å²) in [6.07, 6.45) is 3.68. The van der Waals surface area contributed by atoms with E-state index in [1.54, 1.807) is 12.4 Å². The second-order valence-corrected chi connectivity index (χ2v) is 3.67. The minimum absolute atomic E-state index is 0.265. The molecule has 1 heterocycles. The third-order valence-corrected chi connectivity index (χ3v) is 1.85. The van der Waals surface area contributed by atoms with Crippen molar-refractivity contribution in [3.05, 3.63) is 12.4 Å². The molecular weight excluding hydrogens is 204 g/mol. The standard InChI is InChI=1S/C11H20N4O/c1-4-13-10-7-12-8-11(15-10)14-5-6-16-9(2)3/h7-9H,4-6H2,1-3H3,(H2,13,14,15). The first-order valence-electron chi connectivity index (χ1n) is 5.63. The molecule has 5 heteroatoms. The zero-order chi connectivity index (χ0) is 11.8. The van der Waals surface area contributed by atoms with E-state index in [0.717, 1.165) is 24.7 Å². The molecule has 1 aromatic heterocycles. The van der Waals surface area contributed by atoms with Gasteiger partial charge < -0.3 is 15.4 Å². The molecule has 1 rings (SSSR count). The van der Waals surface area contributed by atoms with Crippen LogP contribution in [-0.2, 0) is 4.74 Å². The number of nitrogens with zero attached hydrogens (tertiary/aromatic N) is 2. The topological polar surface area (TPSA) is 59.1 Å². The Hall–Kier alpha value is -1.36. The molecule has 0 radical (unpaired) electrons. The van der Waals surface area contributed by atoms with E-state index in [2.05, 4.69) is 20.6 Å². The van der Waals surface area contributed by atoms with Crippen LogP contribution in [-0.4, -0.2) is 35.8 Å². The van der Waals surface area contributed by atoms with Gasteiger partial charge in [-0.25, -0.2) is 4.98 Å². The van der Waals surface area contributed by atoms with E-state index in [1.807, 2.05) is 20.8 Å². The van der Waals surface area contributed by atoms with Crippen LogP contribution in [0.5, 0.6) is 0 Å². The highest BCUT2D eigenvalue weighted by atomic mass is 16.5. The quantitative estimate of drug-likeness (QED) is 0.691. The van der Waals surface area contributed by atoms with Crippen LogP contribution in [0.25, 0.3) is 0 Å². The summed E-state index contributed by atoms with van der Waals surface area (Å²) in [6.45, 7) is 8.32. The molecule has 5 nitrogen and oxygen atoms in total. The SMILES string of the molecule is CCNc1cncc(NCCOC(C)C)n1. The minimum Gasteiger partial charge on any atom is -0.377 e. The summed E-state index contributed by atoms with van der Waals surface area (Å²) in [5.41, 5.74) is 0. The van der Waals surface area contributed by atoms with Crippen LogP contribution in [0, 0.1) is 0 Å². The zero-order valence-electron chi connectivity index (χ0n) is 10.2. The molecule has 0 bridgehead atoms. The maximum atomic E-state index is 5.41. The lowest BCUT2D eigenvalue weighted by Crippen LogP contribution is -2.14. The third-order valence-electron chi connectivity index (χ3n) is 1.85. The van der Waals surface area contributed by atoms with E-state index in [-0.39, 0.29) is 6.10 Å². The van der Waals surface area contributed by atoms with Gasteiger partial charge in [0, 0.05) is 13.1 Å². The van der Waals surface area contributed by atoms with Gasteiger partial charge in [0.25, 0.3) is 0 Å². The molecule has 0 saturated carbocycles. The highest BCUT2D eigenvalue weighted by Crippen LogP contribution is 2.05.